The van der Waals surface area contributed by atoms with Crippen LogP contribution < -0.4 is 0 Å². The molecule has 0 aliphatic heterocycles. The van der Waals surface area contributed by atoms with Gasteiger partial charge in [-0.3, -0.25) is 0 Å². The van der Waals surface area contributed by atoms with Gasteiger partial charge in [-0.2, -0.15) is 0 Å². The van der Waals surface area contributed by atoms with Crippen molar-refractivity contribution in [3.8, 4) is 103 Å². The third-order valence-corrected chi connectivity index (χ3v) is 14.8. The highest BCUT2D eigenvalue weighted by molar-refractivity contribution is 5.72. The minimum absolute atomic E-state index is 0.0159. The second-order valence-electron chi connectivity index (χ2n) is 18.4. The van der Waals surface area contributed by atoms with Crippen LogP contribution in [-0.4, -0.2) is 91.9 Å². The van der Waals surface area contributed by atoms with Gasteiger partial charge in [0.15, 0.2) is 69.0 Å². The monoisotopic (exact) mass is 996 g/mol. The molecule has 0 saturated carbocycles. The Labute approximate surface area is 413 Å². The highest BCUT2D eigenvalue weighted by Crippen LogP contribution is 2.60. The predicted octanol–water partition coefficient (Wildman–Crippen LogP) is 9.95. The van der Waals surface area contributed by atoms with Crippen LogP contribution in [0.15, 0.2) is 36.4 Å². The molecular weight excluding hydrogens is 937 g/mol. The molecule has 18 N–H and O–H groups in total. The molecule has 6 aromatic carbocycles. The summed E-state index contributed by atoms with van der Waals surface area (Å²) in [6, 6.07) is 7.61. The molecule has 7 rings (SSSR count). The molecule has 0 unspecified atom stereocenters. The van der Waals surface area contributed by atoms with Gasteiger partial charge in [-0.15, -0.1) is 0 Å². The molecule has 0 radical (unpaired) electrons. The van der Waals surface area contributed by atoms with Gasteiger partial charge in [-0.05, 0) is 74.9 Å². The van der Waals surface area contributed by atoms with E-state index in [1.807, 2.05) is 0 Å². The number of phenolic OH excluding ortho intramolecular Hbond substituents is 18. The summed E-state index contributed by atoms with van der Waals surface area (Å²) < 4.78 is 0. The van der Waals surface area contributed by atoms with Gasteiger partial charge in [0, 0.05) is 102 Å². The molecule has 18 nitrogen and oxygen atoms in total. The van der Waals surface area contributed by atoms with Crippen LogP contribution in [0, 0.1) is 0 Å². The van der Waals surface area contributed by atoms with E-state index in [9.17, 15) is 91.9 Å². The van der Waals surface area contributed by atoms with Crippen LogP contribution in [0.3, 0.4) is 0 Å². The highest BCUT2D eigenvalue weighted by atomic mass is 16.4. The van der Waals surface area contributed by atoms with Crippen LogP contribution in [0.4, 0.5) is 0 Å². The minimum atomic E-state index is -1.20. The SMILES string of the molecule is CCC1c2cc(c(O)c(O)c2O)C(CC)c2cc(c(O)c(O)c2O)C(CC)c2cc(c(O)c(O)c2O)C(CC)c2cc(c(O)c(O)c2O)C(CC)c2cc(c(O)c(O)c2O)C(CC)c2cc1c(O)c(O)c2O. The van der Waals surface area contributed by atoms with Crippen molar-refractivity contribution in [3.05, 3.63) is 103 Å². The molecule has 1 aliphatic carbocycles. The van der Waals surface area contributed by atoms with Crippen molar-refractivity contribution in [2.45, 2.75) is 116 Å². The first-order valence-electron chi connectivity index (χ1n) is 23.6. The average Bonchev–Trinajstić information content (AvgIpc) is 3.36. The molecule has 0 spiro atoms. The summed E-state index contributed by atoms with van der Waals surface area (Å²) >= 11 is 0. The maximum atomic E-state index is 11.6. The molecule has 18 heteroatoms. The quantitative estimate of drug-likeness (QED) is 0.0690. The molecule has 0 saturated heterocycles. The largest absolute Gasteiger partial charge is 0.504 e. The summed E-state index contributed by atoms with van der Waals surface area (Å²) in [5, 5.41) is 207. The van der Waals surface area contributed by atoms with Gasteiger partial charge < -0.3 is 91.9 Å². The number of rotatable bonds is 6. The van der Waals surface area contributed by atoms with Crippen LogP contribution in [0.25, 0.3) is 0 Å². The van der Waals surface area contributed by atoms with Crippen molar-refractivity contribution >= 4 is 0 Å². The number of aromatic hydroxyl groups is 18. The summed E-state index contributed by atoms with van der Waals surface area (Å²) in [6.45, 7) is 9.72. The maximum Gasteiger partial charge on any atom is 0.200 e. The summed E-state index contributed by atoms with van der Waals surface area (Å²) in [5.41, 5.74) is -1.82. The Morgan fingerprint density at radius 2 is 0.264 bits per heavy atom. The Bertz CT molecular complexity index is 2430. The number of fused-ring (bicyclic) bond motifs is 12. The van der Waals surface area contributed by atoms with E-state index in [-0.39, 0.29) is 105 Å². The Morgan fingerprint density at radius 3 is 0.333 bits per heavy atom. The van der Waals surface area contributed by atoms with Gasteiger partial charge in [0.05, 0.1) is 0 Å². The first-order valence-corrected chi connectivity index (χ1v) is 23.6. The Hall–Kier alpha value is -8.28. The average molecular weight is 997 g/mol. The molecule has 0 atom stereocenters. The third kappa shape index (κ3) is 7.72. The normalized spacial score (nSPS) is 18.9. The van der Waals surface area contributed by atoms with Crippen molar-refractivity contribution in [2.75, 3.05) is 0 Å². The van der Waals surface area contributed by atoms with Crippen molar-refractivity contribution in [3.63, 3.8) is 0 Å². The minimum Gasteiger partial charge on any atom is -0.504 e. The summed E-state index contributed by atoms with van der Waals surface area (Å²) in [7, 11) is 0. The summed E-state index contributed by atoms with van der Waals surface area (Å²) in [5.74, 6) is -23.8. The Morgan fingerprint density at radius 1 is 0.181 bits per heavy atom. The van der Waals surface area contributed by atoms with Gasteiger partial charge in [-0.1, -0.05) is 41.5 Å². The fraction of sp³-hybridized carbons (Fsp3) is 0.333. The smallest absolute Gasteiger partial charge is 0.200 e. The predicted molar refractivity (Wildman–Crippen MR) is 261 cm³/mol. The molecule has 12 bridgehead atoms. The van der Waals surface area contributed by atoms with E-state index in [1.54, 1.807) is 41.5 Å². The molecule has 0 fully saturated rings. The van der Waals surface area contributed by atoms with E-state index in [2.05, 4.69) is 0 Å². The lowest BCUT2D eigenvalue weighted by atomic mass is 9.77. The van der Waals surface area contributed by atoms with E-state index in [1.165, 1.54) is 36.4 Å². The van der Waals surface area contributed by atoms with E-state index < -0.39 is 139 Å². The van der Waals surface area contributed by atoms with Crippen molar-refractivity contribution in [1.82, 2.24) is 0 Å². The molecule has 0 heterocycles. The lowest BCUT2D eigenvalue weighted by Crippen LogP contribution is -2.10. The number of phenols is 18. The molecule has 0 amide bonds. The van der Waals surface area contributed by atoms with Crippen LogP contribution in [0.5, 0.6) is 103 Å². The first kappa shape index (κ1) is 51.6. The third-order valence-electron chi connectivity index (χ3n) is 14.8. The molecule has 72 heavy (non-hydrogen) atoms. The lowest BCUT2D eigenvalue weighted by molar-refractivity contribution is 0.350. The number of hydrogen-bond acceptors (Lipinski definition) is 18. The van der Waals surface area contributed by atoms with Crippen LogP contribution in [-0.2, 0) is 0 Å². The van der Waals surface area contributed by atoms with Crippen LogP contribution in [0.2, 0.25) is 0 Å². The van der Waals surface area contributed by atoms with Gasteiger partial charge in [0.25, 0.3) is 0 Å². The molecule has 384 valence electrons. The van der Waals surface area contributed by atoms with E-state index >= 15 is 0 Å². The van der Waals surface area contributed by atoms with E-state index in [4.69, 9.17) is 0 Å². The second kappa shape index (κ2) is 19.1. The maximum absolute atomic E-state index is 11.6. The second-order valence-corrected chi connectivity index (χ2v) is 18.4. The zero-order valence-corrected chi connectivity index (χ0v) is 40.2. The van der Waals surface area contributed by atoms with Crippen LogP contribution in [0.1, 0.15) is 182 Å². The first-order chi connectivity index (χ1) is 34.0. The summed E-state index contributed by atoms with van der Waals surface area (Å²) in [4.78, 5) is 0. The van der Waals surface area contributed by atoms with Crippen LogP contribution >= 0.6 is 0 Å². The number of hydrogen-bond donors (Lipinski definition) is 18. The zero-order valence-electron chi connectivity index (χ0n) is 40.2. The fourth-order valence-corrected chi connectivity index (χ4v) is 11.0. The lowest BCUT2D eigenvalue weighted by Gasteiger charge is -2.29. The van der Waals surface area contributed by atoms with E-state index in [0.29, 0.717) is 0 Å². The van der Waals surface area contributed by atoms with Crippen molar-refractivity contribution < 1.29 is 91.9 Å². The molecule has 0 aromatic heterocycles. The highest BCUT2D eigenvalue weighted by Gasteiger charge is 2.38. The van der Waals surface area contributed by atoms with Gasteiger partial charge in [-0.25, -0.2) is 0 Å². The van der Waals surface area contributed by atoms with Gasteiger partial charge in [0.2, 0.25) is 34.5 Å². The van der Waals surface area contributed by atoms with Crippen molar-refractivity contribution in [2.24, 2.45) is 0 Å². The molecular formula is C54H60O18. The van der Waals surface area contributed by atoms with Gasteiger partial charge in [0.1, 0.15) is 0 Å². The molecule has 1 aliphatic rings. The standard InChI is InChI=1S/C54H60O18/c1-7-19-25-13-27(39(57)49(67)37(25)55)20(8-2)29-15-31(43(61)51(69)41(29)59)22(10-4)33-17-35(47(65)53(71)45(33)63)24(12-6)36-18-34(46(64)54(72)48(36)66)23(11-5)32-16-30(42(60)52(70)44(32)62)21(9-3)28-14-26(19)38(56)50(68)40(28)58/h13-24,55-72H,7-12H2,1-6H3. The zero-order chi connectivity index (χ0) is 53.3. The summed E-state index contributed by atoms with van der Waals surface area (Å²) in [6.07, 6.45) is -0.0954. The topological polar surface area (TPSA) is 364 Å². The number of benzene rings is 6. The molecule has 6 aromatic rings. The Balaban J connectivity index is 1.67. The van der Waals surface area contributed by atoms with Crippen molar-refractivity contribution in [1.29, 1.82) is 0 Å². The van der Waals surface area contributed by atoms with E-state index in [0.717, 1.165) is 0 Å². The fourth-order valence-electron chi connectivity index (χ4n) is 11.0. The Kier molecular flexibility index (Phi) is 13.7. The van der Waals surface area contributed by atoms with Gasteiger partial charge >= 0.3 is 0 Å².